The highest BCUT2D eigenvalue weighted by molar-refractivity contribution is 5.73. The van der Waals surface area contributed by atoms with Crippen LogP contribution >= 0.6 is 0 Å². The van der Waals surface area contributed by atoms with Crippen LogP contribution in [0, 0.1) is 0 Å². The van der Waals surface area contributed by atoms with Crippen LogP contribution in [-0.4, -0.2) is 25.6 Å². The van der Waals surface area contributed by atoms with Gasteiger partial charge in [-0.2, -0.15) is 0 Å². The Morgan fingerprint density at radius 3 is 3.12 bits per heavy atom. The summed E-state index contributed by atoms with van der Waals surface area (Å²) in [5.74, 6) is -0.275. The molecule has 17 heavy (non-hydrogen) atoms. The quantitative estimate of drug-likeness (QED) is 0.739. The van der Waals surface area contributed by atoms with Crippen molar-refractivity contribution in [3.05, 3.63) is 35.4 Å². The maximum atomic E-state index is 10.6. The number of nitrogens with two attached hydrogens (primary N) is 1. The van der Waals surface area contributed by atoms with E-state index in [0.29, 0.717) is 13.0 Å². The average Bonchev–Trinajstić information content (AvgIpc) is 2.34. The van der Waals surface area contributed by atoms with Crippen molar-refractivity contribution < 1.29 is 9.53 Å². The van der Waals surface area contributed by atoms with Crippen LogP contribution in [0.3, 0.4) is 0 Å². The Balaban J connectivity index is 1.88. The number of amides is 1. The average molecular weight is 234 g/mol. The molecule has 1 aliphatic rings. The molecule has 1 aliphatic heterocycles. The first kappa shape index (κ1) is 12.1. The number of carbonyl (C=O) groups excluding carboxylic acids is 1. The summed E-state index contributed by atoms with van der Waals surface area (Å²) in [5, 5.41) is 3.20. The number of benzene rings is 1. The van der Waals surface area contributed by atoms with E-state index in [2.05, 4.69) is 23.5 Å². The van der Waals surface area contributed by atoms with Crippen molar-refractivity contribution in [3.63, 3.8) is 0 Å². The van der Waals surface area contributed by atoms with Gasteiger partial charge in [-0.15, -0.1) is 0 Å². The van der Waals surface area contributed by atoms with E-state index < -0.39 is 0 Å². The zero-order valence-corrected chi connectivity index (χ0v) is 9.82. The highest BCUT2D eigenvalue weighted by atomic mass is 16.5. The first-order valence-corrected chi connectivity index (χ1v) is 5.96. The summed E-state index contributed by atoms with van der Waals surface area (Å²) < 4.78 is 5.73. The van der Waals surface area contributed by atoms with Crippen molar-refractivity contribution in [1.29, 1.82) is 0 Å². The van der Waals surface area contributed by atoms with Gasteiger partial charge in [-0.1, -0.05) is 24.3 Å². The fraction of sp³-hybridized carbons (Fsp3) is 0.462. The maximum absolute atomic E-state index is 10.6. The molecule has 0 aromatic heterocycles. The molecule has 1 amide bonds. The highest BCUT2D eigenvalue weighted by Gasteiger charge is 2.19. The summed E-state index contributed by atoms with van der Waals surface area (Å²) in [6, 6.07) is 8.34. The van der Waals surface area contributed by atoms with Gasteiger partial charge < -0.3 is 15.8 Å². The van der Waals surface area contributed by atoms with Gasteiger partial charge in [0, 0.05) is 19.5 Å². The molecule has 1 unspecified atom stereocenters. The summed E-state index contributed by atoms with van der Waals surface area (Å²) >= 11 is 0. The monoisotopic (exact) mass is 234 g/mol. The minimum Gasteiger partial charge on any atom is -0.372 e. The minimum absolute atomic E-state index is 0.0906. The Kier molecular flexibility index (Phi) is 4.12. The maximum Gasteiger partial charge on any atom is 0.218 e. The van der Waals surface area contributed by atoms with Gasteiger partial charge in [-0.3, -0.25) is 4.79 Å². The minimum atomic E-state index is -0.275. The second kappa shape index (κ2) is 5.80. The fourth-order valence-electron chi connectivity index (χ4n) is 2.09. The zero-order valence-electron chi connectivity index (χ0n) is 9.82. The van der Waals surface area contributed by atoms with Crippen molar-refractivity contribution in [2.75, 3.05) is 19.7 Å². The number of nitrogens with one attached hydrogen (secondary N) is 1. The normalized spacial score (nSPS) is 18.7. The fourth-order valence-corrected chi connectivity index (χ4v) is 2.09. The number of hydrogen-bond acceptors (Lipinski definition) is 3. The largest absolute Gasteiger partial charge is 0.372 e. The number of hydrogen-bond donors (Lipinski definition) is 2. The lowest BCUT2D eigenvalue weighted by Gasteiger charge is -2.26. The first-order chi connectivity index (χ1) is 8.27. The van der Waals surface area contributed by atoms with E-state index in [9.17, 15) is 4.79 Å². The summed E-state index contributed by atoms with van der Waals surface area (Å²) in [7, 11) is 0. The van der Waals surface area contributed by atoms with E-state index >= 15 is 0 Å². The van der Waals surface area contributed by atoms with Crippen LogP contribution < -0.4 is 11.1 Å². The highest BCUT2D eigenvalue weighted by Crippen LogP contribution is 2.25. The first-order valence-electron chi connectivity index (χ1n) is 5.96. The lowest BCUT2D eigenvalue weighted by Crippen LogP contribution is -2.29. The van der Waals surface area contributed by atoms with Crippen molar-refractivity contribution in [2.45, 2.75) is 18.9 Å². The van der Waals surface area contributed by atoms with Crippen LogP contribution in [0.4, 0.5) is 0 Å². The van der Waals surface area contributed by atoms with E-state index in [4.69, 9.17) is 10.5 Å². The lowest BCUT2D eigenvalue weighted by atomic mass is 9.97. The number of carbonyl (C=O) groups is 1. The Bertz CT molecular complexity index is 393. The summed E-state index contributed by atoms with van der Waals surface area (Å²) in [5.41, 5.74) is 7.69. The molecule has 1 aromatic carbocycles. The molecule has 4 heteroatoms. The van der Waals surface area contributed by atoms with Gasteiger partial charge in [0.05, 0.1) is 12.7 Å². The molecule has 0 saturated carbocycles. The molecule has 3 N–H and O–H groups in total. The predicted octanol–water partition coefficient (Wildman–Crippen LogP) is 0.765. The molecule has 92 valence electrons. The Morgan fingerprint density at radius 2 is 2.29 bits per heavy atom. The van der Waals surface area contributed by atoms with Crippen LogP contribution in [-0.2, 0) is 16.0 Å². The number of fused-ring (bicyclic) bond motifs is 1. The summed E-state index contributed by atoms with van der Waals surface area (Å²) in [6.07, 6.45) is 1.44. The third-order valence-corrected chi connectivity index (χ3v) is 2.97. The van der Waals surface area contributed by atoms with Gasteiger partial charge in [0.25, 0.3) is 0 Å². The molecule has 1 heterocycles. The summed E-state index contributed by atoms with van der Waals surface area (Å²) in [6.45, 7) is 2.10. The van der Waals surface area contributed by atoms with Crippen LogP contribution in [0.1, 0.15) is 23.7 Å². The van der Waals surface area contributed by atoms with Crippen molar-refractivity contribution in [1.82, 2.24) is 5.32 Å². The molecule has 0 aliphatic carbocycles. The van der Waals surface area contributed by atoms with Gasteiger partial charge in [0.2, 0.25) is 5.91 Å². The van der Waals surface area contributed by atoms with Crippen LogP contribution in [0.15, 0.2) is 24.3 Å². The van der Waals surface area contributed by atoms with Gasteiger partial charge in [0.1, 0.15) is 0 Å². The molecule has 0 radical (unpaired) electrons. The molecule has 2 rings (SSSR count). The summed E-state index contributed by atoms with van der Waals surface area (Å²) in [4.78, 5) is 10.6. The second-order valence-electron chi connectivity index (χ2n) is 4.23. The Morgan fingerprint density at radius 1 is 1.47 bits per heavy atom. The molecular weight excluding hydrogens is 216 g/mol. The third-order valence-electron chi connectivity index (χ3n) is 2.97. The molecule has 4 nitrogen and oxygen atoms in total. The Hall–Kier alpha value is -1.39. The molecule has 1 atom stereocenters. The van der Waals surface area contributed by atoms with Crippen LogP contribution in [0.2, 0.25) is 0 Å². The third kappa shape index (κ3) is 3.28. The number of rotatable bonds is 5. The van der Waals surface area contributed by atoms with Crippen LogP contribution in [0.25, 0.3) is 0 Å². The Labute approximate surface area is 101 Å². The molecule has 0 bridgehead atoms. The molecule has 0 fully saturated rings. The number of ether oxygens (including phenoxy) is 1. The molecule has 0 saturated heterocycles. The van der Waals surface area contributed by atoms with Crippen LogP contribution in [0.5, 0.6) is 0 Å². The lowest BCUT2D eigenvalue weighted by molar-refractivity contribution is -0.117. The molecular formula is C13H18N2O2. The smallest absolute Gasteiger partial charge is 0.218 e. The van der Waals surface area contributed by atoms with E-state index in [-0.39, 0.29) is 12.0 Å². The van der Waals surface area contributed by atoms with Crippen molar-refractivity contribution >= 4 is 5.91 Å². The van der Waals surface area contributed by atoms with Gasteiger partial charge >= 0.3 is 0 Å². The van der Waals surface area contributed by atoms with E-state index in [1.54, 1.807) is 0 Å². The van der Waals surface area contributed by atoms with Gasteiger partial charge in [-0.25, -0.2) is 0 Å². The van der Waals surface area contributed by atoms with E-state index in [1.807, 2.05) is 6.07 Å². The van der Waals surface area contributed by atoms with E-state index in [1.165, 1.54) is 11.1 Å². The SMILES string of the molecule is NC(=O)CCNCC1OCCc2ccccc21. The predicted molar refractivity (Wildman–Crippen MR) is 65.5 cm³/mol. The second-order valence-corrected chi connectivity index (χ2v) is 4.23. The molecule has 0 spiro atoms. The van der Waals surface area contributed by atoms with Crippen molar-refractivity contribution in [3.8, 4) is 0 Å². The molecule has 1 aromatic rings. The zero-order chi connectivity index (χ0) is 12.1. The number of primary amides is 1. The topological polar surface area (TPSA) is 64.4 Å². The van der Waals surface area contributed by atoms with Gasteiger partial charge in [0.15, 0.2) is 0 Å². The van der Waals surface area contributed by atoms with Gasteiger partial charge in [-0.05, 0) is 17.5 Å². The van der Waals surface area contributed by atoms with E-state index in [0.717, 1.165) is 19.6 Å². The van der Waals surface area contributed by atoms with Crippen molar-refractivity contribution in [2.24, 2.45) is 5.73 Å². The standard InChI is InChI=1S/C13H18N2O2/c14-13(16)5-7-15-9-12-11-4-2-1-3-10(11)6-8-17-12/h1-4,12,15H,5-9H2,(H2,14,16).